The number of piperazine rings is 1. The van der Waals surface area contributed by atoms with Crippen molar-refractivity contribution in [1.29, 1.82) is 0 Å². The number of likely N-dealkylation sites (tertiary alicyclic amines) is 1. The van der Waals surface area contributed by atoms with Crippen molar-refractivity contribution in [3.63, 3.8) is 0 Å². The van der Waals surface area contributed by atoms with Crippen LogP contribution in [0.25, 0.3) is 11.4 Å². The fourth-order valence-corrected chi connectivity index (χ4v) is 8.40. The molecule has 21 heteroatoms. The minimum atomic E-state index is -4.75. The first kappa shape index (κ1) is 43.5. The maximum Gasteiger partial charge on any atom is 0.433 e. The number of hydrogen-bond acceptors (Lipinski definition) is 11. The van der Waals surface area contributed by atoms with Gasteiger partial charge in [0.25, 0.3) is 11.8 Å². The summed E-state index contributed by atoms with van der Waals surface area (Å²) in [5, 5.41) is 24.3. The minimum Gasteiger partial charge on any atom is -0.480 e. The molecule has 0 saturated carbocycles. The van der Waals surface area contributed by atoms with Gasteiger partial charge in [-0.2, -0.15) is 18.3 Å². The second-order valence-corrected chi connectivity index (χ2v) is 16.3. The molecule has 2 atom stereocenters. The number of carbonyl (C=O) groups excluding carboxylic acids is 3. The van der Waals surface area contributed by atoms with Crippen LogP contribution in [0.4, 0.5) is 24.5 Å². The molecule has 4 aromatic rings. The van der Waals surface area contributed by atoms with E-state index in [2.05, 4.69) is 41.1 Å². The number of alkyl halides is 3. The highest BCUT2D eigenvalue weighted by molar-refractivity contribution is 6.34. The predicted octanol–water partition coefficient (Wildman–Crippen LogP) is 3.39. The average Bonchev–Trinajstić information content (AvgIpc) is 3.86. The number of pyridine rings is 1. The molecule has 3 amide bonds. The monoisotopic (exact) mass is 868 g/mol. The lowest BCUT2D eigenvalue weighted by atomic mass is 9.73. The molecule has 3 aliphatic rings. The fraction of sp³-hybridized carbons (Fsp3) is 0.475. The molecule has 3 aromatic heterocycles. The number of imidazole rings is 1. The van der Waals surface area contributed by atoms with E-state index in [0.717, 1.165) is 25.9 Å². The van der Waals surface area contributed by atoms with Crippen molar-refractivity contribution in [3.05, 3.63) is 76.1 Å². The van der Waals surface area contributed by atoms with Gasteiger partial charge in [0.15, 0.2) is 5.82 Å². The number of carboxylic acids is 1. The van der Waals surface area contributed by atoms with Gasteiger partial charge in [0.2, 0.25) is 5.91 Å². The van der Waals surface area contributed by atoms with E-state index in [1.165, 1.54) is 30.6 Å². The fourth-order valence-electron chi connectivity index (χ4n) is 8.14. The van der Waals surface area contributed by atoms with Crippen molar-refractivity contribution >= 4 is 46.7 Å². The Morgan fingerprint density at radius 3 is 2.28 bits per heavy atom. The molecular weight excluding hydrogens is 821 g/mol. The van der Waals surface area contributed by atoms with Crippen molar-refractivity contribution in [2.75, 3.05) is 76.1 Å². The Labute approximate surface area is 354 Å². The largest absolute Gasteiger partial charge is 0.480 e. The van der Waals surface area contributed by atoms with E-state index in [0.29, 0.717) is 51.5 Å². The van der Waals surface area contributed by atoms with E-state index in [1.807, 2.05) is 16.7 Å². The summed E-state index contributed by atoms with van der Waals surface area (Å²) in [6.45, 7) is 6.48. The predicted molar refractivity (Wildman–Crippen MR) is 219 cm³/mol. The highest BCUT2D eigenvalue weighted by Crippen LogP contribution is 2.37. The van der Waals surface area contributed by atoms with Gasteiger partial charge in [-0.3, -0.25) is 34.2 Å². The lowest BCUT2D eigenvalue weighted by Gasteiger charge is -2.45. The van der Waals surface area contributed by atoms with Crippen molar-refractivity contribution in [1.82, 2.24) is 45.2 Å². The van der Waals surface area contributed by atoms with Gasteiger partial charge in [-0.25, -0.2) is 4.98 Å². The first-order chi connectivity index (χ1) is 29.1. The zero-order valence-corrected chi connectivity index (χ0v) is 34.2. The quantitative estimate of drug-likeness (QED) is 0.0968. The lowest BCUT2D eigenvalue weighted by molar-refractivity contribution is -0.144. The number of aliphatic carboxylic acids is 1. The summed E-state index contributed by atoms with van der Waals surface area (Å²) < 4.78 is 42.1. The molecule has 17 nitrogen and oxygen atoms in total. The second kappa shape index (κ2) is 18.6. The lowest BCUT2D eigenvalue weighted by Crippen LogP contribution is -2.58. The summed E-state index contributed by atoms with van der Waals surface area (Å²) >= 11 is 6.57. The molecule has 3 saturated heterocycles. The minimum absolute atomic E-state index is 0.00103. The van der Waals surface area contributed by atoms with E-state index < -0.39 is 23.7 Å². The van der Waals surface area contributed by atoms with Gasteiger partial charge in [0.1, 0.15) is 11.4 Å². The molecule has 3 fully saturated rings. The van der Waals surface area contributed by atoms with Crippen molar-refractivity contribution in [3.8, 4) is 11.4 Å². The SMILES string of the molecule is C[C@H](N)CNc1ccc(-c2n[nH]c(C(F)(F)F)c2Cc2cnc(C(=O)Nc3ccc(C(=O)N4CCN(C(=O)C(C5CCN(CC(=O)O)CC5)C5CNC5)CC4)c(Cl)c3)[nH]2)nc1. The van der Waals surface area contributed by atoms with E-state index in [4.69, 9.17) is 17.3 Å². The number of nitrogens with one attached hydrogen (secondary N) is 5. The zero-order valence-electron chi connectivity index (χ0n) is 33.4. The summed E-state index contributed by atoms with van der Waals surface area (Å²) in [7, 11) is 0. The van der Waals surface area contributed by atoms with Crippen LogP contribution in [0, 0.1) is 17.8 Å². The smallest absolute Gasteiger partial charge is 0.433 e. The summed E-state index contributed by atoms with van der Waals surface area (Å²) in [5.41, 5.74) is 6.06. The first-order valence-corrected chi connectivity index (χ1v) is 20.5. The van der Waals surface area contributed by atoms with Crippen LogP contribution in [-0.2, 0) is 22.2 Å². The molecule has 0 aliphatic carbocycles. The Bertz CT molecular complexity index is 2210. The molecule has 6 heterocycles. The second-order valence-electron chi connectivity index (χ2n) is 15.9. The molecule has 8 N–H and O–H groups in total. The Morgan fingerprint density at radius 1 is 0.967 bits per heavy atom. The highest BCUT2D eigenvalue weighted by atomic mass is 35.5. The van der Waals surface area contributed by atoms with Gasteiger partial charge in [-0.05, 0) is 88.1 Å². The Kier molecular flexibility index (Phi) is 13.3. The van der Waals surface area contributed by atoms with Crippen molar-refractivity contribution in [2.45, 2.75) is 38.4 Å². The third-order valence-electron chi connectivity index (χ3n) is 11.4. The van der Waals surface area contributed by atoms with Gasteiger partial charge >= 0.3 is 12.1 Å². The number of benzene rings is 1. The van der Waals surface area contributed by atoms with Gasteiger partial charge in [0, 0.05) is 74.2 Å². The summed E-state index contributed by atoms with van der Waals surface area (Å²) in [5.74, 6) is -1.73. The number of aromatic nitrogens is 5. The molecule has 0 radical (unpaired) electrons. The maximum absolute atomic E-state index is 14.0. The van der Waals surface area contributed by atoms with Crippen LogP contribution in [0.15, 0.2) is 42.7 Å². The van der Waals surface area contributed by atoms with Crippen LogP contribution in [0.5, 0.6) is 0 Å². The van der Waals surface area contributed by atoms with Crippen LogP contribution >= 0.6 is 11.6 Å². The highest BCUT2D eigenvalue weighted by Gasteiger charge is 2.42. The third kappa shape index (κ3) is 10.3. The van der Waals surface area contributed by atoms with Gasteiger partial charge in [0.05, 0.1) is 34.7 Å². The third-order valence-corrected chi connectivity index (χ3v) is 11.7. The number of carboxylic acid groups (broad SMARTS) is 1. The Balaban J connectivity index is 0.947. The van der Waals surface area contributed by atoms with Gasteiger partial charge in [-0.15, -0.1) is 0 Å². The zero-order chi connectivity index (χ0) is 43.4. The number of rotatable bonds is 14. The van der Waals surface area contributed by atoms with Gasteiger partial charge in [-0.1, -0.05) is 11.6 Å². The van der Waals surface area contributed by atoms with E-state index in [1.54, 1.807) is 17.0 Å². The number of aromatic amines is 2. The van der Waals surface area contributed by atoms with Crippen LogP contribution in [-0.4, -0.2) is 140 Å². The van der Waals surface area contributed by atoms with E-state index in [-0.39, 0.29) is 93.3 Å². The van der Waals surface area contributed by atoms with Crippen LogP contribution in [0.2, 0.25) is 5.02 Å². The number of hydrogen-bond donors (Lipinski definition) is 7. The average molecular weight is 869 g/mol. The number of piperidine rings is 1. The summed E-state index contributed by atoms with van der Waals surface area (Å²) in [6.07, 6.45) is -0.780. The molecule has 326 valence electrons. The number of anilines is 2. The molecule has 1 unspecified atom stereocenters. The number of halogens is 4. The van der Waals surface area contributed by atoms with E-state index >= 15 is 0 Å². The van der Waals surface area contributed by atoms with Crippen molar-refractivity contribution in [2.24, 2.45) is 23.5 Å². The maximum atomic E-state index is 14.0. The summed E-state index contributed by atoms with van der Waals surface area (Å²) in [6, 6.07) is 7.53. The normalized spacial score (nSPS) is 17.7. The van der Waals surface area contributed by atoms with E-state index in [9.17, 15) is 37.5 Å². The molecule has 0 spiro atoms. The van der Waals surface area contributed by atoms with Crippen LogP contribution in [0.1, 0.15) is 57.7 Å². The van der Waals surface area contributed by atoms with Crippen LogP contribution < -0.4 is 21.7 Å². The number of carbonyl (C=O) groups is 4. The molecule has 0 bridgehead atoms. The molecule has 7 rings (SSSR count). The van der Waals surface area contributed by atoms with Crippen LogP contribution in [0.3, 0.4) is 0 Å². The Hall–Kier alpha value is -5.57. The molecule has 61 heavy (non-hydrogen) atoms. The topological polar surface area (TPSA) is 231 Å². The number of amides is 3. The molecule has 3 aliphatic heterocycles. The Morgan fingerprint density at radius 2 is 1.67 bits per heavy atom. The number of H-pyrrole nitrogens is 2. The number of nitrogens with zero attached hydrogens (tertiary/aromatic N) is 6. The van der Waals surface area contributed by atoms with Crippen molar-refractivity contribution < 1.29 is 37.5 Å². The first-order valence-electron chi connectivity index (χ1n) is 20.1. The standard InChI is InChI=1S/C40H48ClF3N12O5/c1-22(45)16-47-26-3-5-31(48-19-26)34-29(35(53-52-34)40(42,43)44)14-27-20-49-36(50-27)37(59)51-25-2-4-28(30(41)15-25)38(60)55-10-12-56(13-11-55)39(61)33(24-17-46-18-24)23-6-8-54(9-7-23)21-32(57)58/h2-5,15,19-20,22-24,33,46-47H,6-14,16-18,21,45H2,1H3,(H,49,50)(H,51,59)(H,52,53)(H,57,58)/t22-,33?/m0/s1. The number of nitrogens with two attached hydrogens (primary N) is 1. The summed E-state index contributed by atoms with van der Waals surface area (Å²) in [4.78, 5) is 68.5. The molecule has 1 aromatic carbocycles. The van der Waals surface area contributed by atoms with Gasteiger partial charge < -0.3 is 41.6 Å². The molecular formula is C40H48ClF3N12O5.